The highest BCUT2D eigenvalue weighted by atomic mass is 16.5. The number of guanidine groups is 1. The summed E-state index contributed by atoms with van der Waals surface area (Å²) in [6, 6.07) is 0.641. The first kappa shape index (κ1) is 11.7. The largest absolute Gasteiger partial charge is 0.376 e. The summed E-state index contributed by atoms with van der Waals surface area (Å²) in [6.07, 6.45) is 6.60. The zero-order valence-corrected chi connectivity index (χ0v) is 10.2. The van der Waals surface area contributed by atoms with Gasteiger partial charge in [0.15, 0.2) is 5.96 Å². The molecule has 0 bridgehead atoms. The molecule has 4 heteroatoms. The average Bonchev–Trinajstić information content (AvgIpc) is 2.72. The second-order valence-electron chi connectivity index (χ2n) is 4.63. The van der Waals surface area contributed by atoms with E-state index in [4.69, 9.17) is 4.74 Å². The lowest BCUT2D eigenvalue weighted by Crippen LogP contribution is -2.46. The molecule has 1 unspecified atom stereocenters. The summed E-state index contributed by atoms with van der Waals surface area (Å²) < 4.78 is 5.56. The third-order valence-electron chi connectivity index (χ3n) is 3.27. The van der Waals surface area contributed by atoms with Crippen LogP contribution in [0.4, 0.5) is 0 Å². The molecule has 0 amide bonds. The lowest BCUT2D eigenvalue weighted by atomic mass is 9.93. The molecule has 1 heterocycles. The van der Waals surface area contributed by atoms with Crippen molar-refractivity contribution in [1.82, 2.24) is 10.6 Å². The van der Waals surface area contributed by atoms with Gasteiger partial charge >= 0.3 is 0 Å². The van der Waals surface area contributed by atoms with Crippen molar-refractivity contribution in [3.05, 3.63) is 0 Å². The van der Waals surface area contributed by atoms with Gasteiger partial charge in [0.05, 0.1) is 12.6 Å². The van der Waals surface area contributed by atoms with E-state index in [0.29, 0.717) is 12.1 Å². The Kier molecular flexibility index (Phi) is 4.45. The molecular weight excluding hydrogens is 202 g/mol. The Hall–Kier alpha value is -0.770. The Morgan fingerprint density at radius 1 is 1.31 bits per heavy atom. The topological polar surface area (TPSA) is 45.7 Å². The lowest BCUT2D eigenvalue weighted by molar-refractivity contribution is 0.117. The Morgan fingerprint density at radius 2 is 2.19 bits per heavy atom. The number of ether oxygens (including phenoxy) is 1. The maximum Gasteiger partial charge on any atom is 0.191 e. The van der Waals surface area contributed by atoms with Crippen LogP contribution in [0.25, 0.3) is 0 Å². The van der Waals surface area contributed by atoms with Gasteiger partial charge in [-0.3, -0.25) is 4.99 Å². The van der Waals surface area contributed by atoms with Gasteiger partial charge in [-0.1, -0.05) is 0 Å². The van der Waals surface area contributed by atoms with Crippen molar-refractivity contribution in [3.8, 4) is 0 Å². The highest BCUT2D eigenvalue weighted by Gasteiger charge is 2.19. The average molecular weight is 225 g/mol. The number of aliphatic imine (C=N–C) groups is 1. The molecule has 0 aromatic carbocycles. The van der Waals surface area contributed by atoms with Crippen LogP contribution >= 0.6 is 0 Å². The van der Waals surface area contributed by atoms with Crippen LogP contribution in [0.1, 0.15) is 39.0 Å². The first-order valence-electron chi connectivity index (χ1n) is 6.55. The predicted octanol–water partition coefficient (Wildman–Crippen LogP) is 1.27. The third kappa shape index (κ3) is 3.37. The summed E-state index contributed by atoms with van der Waals surface area (Å²) in [5, 5.41) is 6.75. The van der Waals surface area contributed by atoms with Gasteiger partial charge in [0.2, 0.25) is 0 Å². The van der Waals surface area contributed by atoms with Crippen molar-refractivity contribution in [2.24, 2.45) is 4.99 Å². The molecule has 1 aliphatic carbocycles. The van der Waals surface area contributed by atoms with E-state index in [0.717, 1.165) is 32.1 Å². The number of nitrogens with one attached hydrogen (secondary N) is 2. The van der Waals surface area contributed by atoms with Crippen LogP contribution < -0.4 is 10.6 Å². The van der Waals surface area contributed by atoms with Crippen molar-refractivity contribution in [1.29, 1.82) is 0 Å². The minimum Gasteiger partial charge on any atom is -0.376 e. The molecule has 0 aromatic rings. The smallest absolute Gasteiger partial charge is 0.191 e. The van der Waals surface area contributed by atoms with Crippen molar-refractivity contribution < 1.29 is 4.74 Å². The number of hydrogen-bond donors (Lipinski definition) is 2. The highest BCUT2D eigenvalue weighted by molar-refractivity contribution is 5.80. The van der Waals surface area contributed by atoms with Crippen LogP contribution in [0.5, 0.6) is 0 Å². The molecule has 0 aromatic heterocycles. The first-order chi connectivity index (χ1) is 7.88. The van der Waals surface area contributed by atoms with Crippen molar-refractivity contribution in [3.63, 3.8) is 0 Å². The van der Waals surface area contributed by atoms with E-state index in [2.05, 4.69) is 22.5 Å². The summed E-state index contributed by atoms with van der Waals surface area (Å²) >= 11 is 0. The molecule has 1 saturated carbocycles. The van der Waals surface area contributed by atoms with Crippen molar-refractivity contribution in [2.45, 2.75) is 51.2 Å². The number of rotatable bonds is 4. The maximum absolute atomic E-state index is 5.56. The fourth-order valence-corrected chi connectivity index (χ4v) is 2.05. The van der Waals surface area contributed by atoms with Crippen LogP contribution in [-0.2, 0) is 4.74 Å². The van der Waals surface area contributed by atoms with Crippen LogP contribution in [0.3, 0.4) is 0 Å². The van der Waals surface area contributed by atoms with Gasteiger partial charge in [0.25, 0.3) is 0 Å². The molecule has 0 spiro atoms. The fourth-order valence-electron chi connectivity index (χ4n) is 2.05. The monoisotopic (exact) mass is 225 g/mol. The van der Waals surface area contributed by atoms with Gasteiger partial charge < -0.3 is 15.4 Å². The zero-order valence-electron chi connectivity index (χ0n) is 10.2. The molecule has 16 heavy (non-hydrogen) atoms. The first-order valence-corrected chi connectivity index (χ1v) is 6.55. The number of nitrogens with zero attached hydrogens (tertiary/aromatic N) is 1. The fraction of sp³-hybridized carbons (Fsp3) is 0.917. The molecule has 1 atom stereocenters. The SMILES string of the molecule is CCNC(=NCC1CCCO1)NC1CCC1. The van der Waals surface area contributed by atoms with Gasteiger partial charge in [-0.25, -0.2) is 0 Å². The Bertz CT molecular complexity index is 232. The Balaban J connectivity index is 1.76. The van der Waals surface area contributed by atoms with Crippen LogP contribution in [-0.4, -0.2) is 37.8 Å². The minimum absolute atomic E-state index is 0.344. The zero-order chi connectivity index (χ0) is 11.2. The molecular formula is C12H23N3O. The second kappa shape index (κ2) is 6.09. The van der Waals surface area contributed by atoms with Gasteiger partial charge in [-0.05, 0) is 39.0 Å². The second-order valence-corrected chi connectivity index (χ2v) is 4.63. The van der Waals surface area contributed by atoms with E-state index in [9.17, 15) is 0 Å². The molecule has 2 rings (SSSR count). The normalized spacial score (nSPS) is 26.6. The number of hydrogen-bond acceptors (Lipinski definition) is 2. The summed E-state index contributed by atoms with van der Waals surface area (Å²) in [4.78, 5) is 4.59. The highest BCUT2D eigenvalue weighted by Crippen LogP contribution is 2.17. The molecule has 0 radical (unpaired) electrons. The van der Waals surface area contributed by atoms with Crippen LogP contribution in [0.15, 0.2) is 4.99 Å². The standard InChI is InChI=1S/C12H23N3O/c1-2-13-12(15-10-5-3-6-10)14-9-11-7-4-8-16-11/h10-11H,2-9H2,1H3,(H2,13,14,15). The summed E-state index contributed by atoms with van der Waals surface area (Å²) in [6.45, 7) is 4.73. The van der Waals surface area contributed by atoms with Crippen LogP contribution in [0, 0.1) is 0 Å². The van der Waals surface area contributed by atoms with E-state index >= 15 is 0 Å². The van der Waals surface area contributed by atoms with E-state index in [1.807, 2.05) is 0 Å². The molecule has 2 fully saturated rings. The molecule has 2 aliphatic rings. The minimum atomic E-state index is 0.344. The molecule has 92 valence electrons. The van der Waals surface area contributed by atoms with Gasteiger partial charge in [-0.15, -0.1) is 0 Å². The lowest BCUT2D eigenvalue weighted by Gasteiger charge is -2.28. The third-order valence-corrected chi connectivity index (χ3v) is 3.27. The molecule has 1 saturated heterocycles. The summed E-state index contributed by atoms with van der Waals surface area (Å²) in [5.41, 5.74) is 0. The summed E-state index contributed by atoms with van der Waals surface area (Å²) in [5.74, 6) is 0.961. The predicted molar refractivity (Wildman–Crippen MR) is 65.7 cm³/mol. The Labute approximate surface area is 97.9 Å². The van der Waals surface area contributed by atoms with Gasteiger partial charge in [0, 0.05) is 19.2 Å². The quantitative estimate of drug-likeness (QED) is 0.559. The van der Waals surface area contributed by atoms with Crippen molar-refractivity contribution >= 4 is 5.96 Å². The van der Waals surface area contributed by atoms with E-state index in [-0.39, 0.29) is 0 Å². The van der Waals surface area contributed by atoms with Gasteiger partial charge in [0.1, 0.15) is 0 Å². The molecule has 2 N–H and O–H groups in total. The molecule has 4 nitrogen and oxygen atoms in total. The van der Waals surface area contributed by atoms with Crippen molar-refractivity contribution in [2.75, 3.05) is 19.7 Å². The van der Waals surface area contributed by atoms with Gasteiger partial charge in [-0.2, -0.15) is 0 Å². The van der Waals surface area contributed by atoms with Crippen LogP contribution in [0.2, 0.25) is 0 Å². The maximum atomic E-state index is 5.56. The van der Waals surface area contributed by atoms with E-state index < -0.39 is 0 Å². The Morgan fingerprint density at radius 3 is 2.75 bits per heavy atom. The molecule has 1 aliphatic heterocycles. The summed E-state index contributed by atoms with van der Waals surface area (Å²) in [7, 11) is 0. The van der Waals surface area contributed by atoms with E-state index in [1.54, 1.807) is 0 Å². The van der Waals surface area contributed by atoms with E-state index in [1.165, 1.54) is 25.7 Å².